The number of H-pyrrole nitrogens is 1. The van der Waals surface area contributed by atoms with E-state index in [4.69, 9.17) is 4.74 Å². The molecule has 3 rings (SSSR count). The van der Waals surface area contributed by atoms with Gasteiger partial charge in [-0.05, 0) is 25.0 Å². The van der Waals surface area contributed by atoms with E-state index in [-0.39, 0.29) is 11.5 Å². The van der Waals surface area contributed by atoms with Gasteiger partial charge in [0.05, 0.1) is 12.3 Å². The van der Waals surface area contributed by atoms with E-state index in [2.05, 4.69) is 4.98 Å². The predicted molar refractivity (Wildman–Crippen MR) is 67.2 cm³/mol. The monoisotopic (exact) mass is 246 g/mol. The zero-order chi connectivity index (χ0) is 12.8. The third kappa shape index (κ3) is 1.59. The molecule has 0 radical (unpaired) electrons. The Labute approximate surface area is 104 Å². The van der Waals surface area contributed by atoms with Crippen molar-refractivity contribution in [1.29, 1.82) is 0 Å². The Morgan fingerprint density at radius 2 is 2.28 bits per heavy atom. The van der Waals surface area contributed by atoms with Crippen LogP contribution in [0.4, 0.5) is 0 Å². The lowest BCUT2D eigenvalue weighted by molar-refractivity contribution is -0.504. The number of hydrogen-bond donors (Lipinski definition) is 1. The number of ether oxygens (including phenoxy) is 1. The number of nitro groups is 1. The van der Waals surface area contributed by atoms with E-state index in [1.54, 1.807) is 6.92 Å². The lowest BCUT2D eigenvalue weighted by atomic mass is 9.93. The zero-order valence-electron chi connectivity index (χ0n) is 10.1. The molecule has 5 nitrogen and oxygen atoms in total. The summed E-state index contributed by atoms with van der Waals surface area (Å²) in [5.41, 5.74) is 2.17. The molecule has 18 heavy (non-hydrogen) atoms. The summed E-state index contributed by atoms with van der Waals surface area (Å²) < 4.78 is 5.66. The summed E-state index contributed by atoms with van der Waals surface area (Å²) >= 11 is 0. The maximum absolute atomic E-state index is 10.8. The van der Waals surface area contributed by atoms with Crippen molar-refractivity contribution in [2.75, 3.05) is 13.2 Å². The number of para-hydroxylation sites is 1. The van der Waals surface area contributed by atoms with Crippen molar-refractivity contribution >= 4 is 10.9 Å². The van der Waals surface area contributed by atoms with Gasteiger partial charge in [-0.3, -0.25) is 10.1 Å². The fourth-order valence-electron chi connectivity index (χ4n) is 2.73. The second kappa shape index (κ2) is 3.81. The topological polar surface area (TPSA) is 68.2 Å². The zero-order valence-corrected chi connectivity index (χ0v) is 10.1. The Balaban J connectivity index is 2.18. The van der Waals surface area contributed by atoms with Gasteiger partial charge in [0, 0.05) is 15.8 Å². The highest BCUT2D eigenvalue weighted by Crippen LogP contribution is 2.36. The molecule has 1 aliphatic heterocycles. The van der Waals surface area contributed by atoms with E-state index in [9.17, 15) is 10.1 Å². The number of nitrogens with zero attached hydrogens (tertiary/aromatic N) is 1. The molecule has 5 heteroatoms. The molecule has 0 fully saturated rings. The SMILES string of the molecule is CC1(C[N+](=O)[O-])OCCc2c1[nH]c1ccccc21. The number of nitrogens with one attached hydrogen (secondary N) is 1. The summed E-state index contributed by atoms with van der Waals surface area (Å²) in [6.45, 7) is 2.09. The normalized spacial score (nSPS) is 22.9. The van der Waals surface area contributed by atoms with E-state index in [0.717, 1.165) is 28.6 Å². The van der Waals surface area contributed by atoms with Crippen molar-refractivity contribution in [3.05, 3.63) is 45.6 Å². The van der Waals surface area contributed by atoms with Crippen molar-refractivity contribution < 1.29 is 9.66 Å². The number of benzene rings is 1. The molecule has 1 aromatic carbocycles. The van der Waals surface area contributed by atoms with Crippen LogP contribution in [0.2, 0.25) is 0 Å². The summed E-state index contributed by atoms with van der Waals surface area (Å²) in [6.07, 6.45) is 0.798. The van der Waals surface area contributed by atoms with Gasteiger partial charge in [0.2, 0.25) is 6.54 Å². The van der Waals surface area contributed by atoms with Crippen LogP contribution in [0.3, 0.4) is 0 Å². The molecule has 0 saturated heterocycles. The Bertz CT molecular complexity index is 620. The largest absolute Gasteiger partial charge is 0.362 e. The van der Waals surface area contributed by atoms with Crippen LogP contribution in [0.25, 0.3) is 10.9 Å². The minimum absolute atomic E-state index is 0.215. The maximum Gasteiger partial charge on any atom is 0.237 e. The van der Waals surface area contributed by atoms with Gasteiger partial charge in [-0.2, -0.15) is 0 Å². The maximum atomic E-state index is 10.8. The molecular weight excluding hydrogens is 232 g/mol. The Hall–Kier alpha value is -1.88. The fraction of sp³-hybridized carbons (Fsp3) is 0.385. The van der Waals surface area contributed by atoms with Crippen LogP contribution in [0, 0.1) is 10.1 Å². The molecular formula is C13H14N2O3. The first kappa shape index (κ1) is 11.2. The van der Waals surface area contributed by atoms with Crippen LogP contribution in [-0.4, -0.2) is 23.1 Å². The van der Waals surface area contributed by atoms with E-state index in [0.29, 0.717) is 6.61 Å². The second-order valence-corrected chi connectivity index (χ2v) is 4.84. The van der Waals surface area contributed by atoms with Gasteiger partial charge in [-0.1, -0.05) is 18.2 Å². The van der Waals surface area contributed by atoms with E-state index >= 15 is 0 Å². The molecule has 1 atom stereocenters. The molecule has 0 aliphatic carbocycles. The summed E-state index contributed by atoms with van der Waals surface area (Å²) in [5.74, 6) is 0. The van der Waals surface area contributed by atoms with E-state index in [1.165, 1.54) is 0 Å². The smallest absolute Gasteiger partial charge is 0.237 e. The lowest BCUT2D eigenvalue weighted by Gasteiger charge is -2.30. The van der Waals surface area contributed by atoms with Gasteiger partial charge in [0.15, 0.2) is 5.60 Å². The Morgan fingerprint density at radius 3 is 3.06 bits per heavy atom. The van der Waals surface area contributed by atoms with Crippen LogP contribution < -0.4 is 0 Å². The van der Waals surface area contributed by atoms with E-state index in [1.807, 2.05) is 24.3 Å². The minimum atomic E-state index is -0.851. The average molecular weight is 246 g/mol. The highest BCUT2D eigenvalue weighted by atomic mass is 16.6. The fourth-order valence-corrected chi connectivity index (χ4v) is 2.73. The molecule has 2 aromatic rings. The van der Waals surface area contributed by atoms with Gasteiger partial charge in [0.25, 0.3) is 0 Å². The van der Waals surface area contributed by atoms with Crippen LogP contribution in [0.5, 0.6) is 0 Å². The van der Waals surface area contributed by atoms with Gasteiger partial charge in [0.1, 0.15) is 0 Å². The molecule has 94 valence electrons. The average Bonchev–Trinajstić information content (AvgIpc) is 2.69. The summed E-state index contributed by atoms with van der Waals surface area (Å²) in [4.78, 5) is 13.8. The highest BCUT2D eigenvalue weighted by Gasteiger charge is 2.40. The van der Waals surface area contributed by atoms with E-state index < -0.39 is 5.60 Å². The lowest BCUT2D eigenvalue weighted by Crippen LogP contribution is -2.39. The molecule has 2 heterocycles. The third-order valence-electron chi connectivity index (χ3n) is 3.55. The summed E-state index contributed by atoms with van der Waals surface area (Å²) in [6, 6.07) is 7.97. The Morgan fingerprint density at radius 1 is 1.50 bits per heavy atom. The van der Waals surface area contributed by atoms with Gasteiger partial charge < -0.3 is 9.72 Å². The van der Waals surface area contributed by atoms with Crippen molar-refractivity contribution in [3.63, 3.8) is 0 Å². The molecule has 0 spiro atoms. The first-order chi connectivity index (χ1) is 8.60. The third-order valence-corrected chi connectivity index (χ3v) is 3.55. The summed E-state index contributed by atoms with van der Waals surface area (Å²) in [5, 5.41) is 12.0. The first-order valence-corrected chi connectivity index (χ1v) is 5.96. The highest BCUT2D eigenvalue weighted by molar-refractivity contribution is 5.85. The van der Waals surface area contributed by atoms with Crippen molar-refractivity contribution in [2.24, 2.45) is 0 Å². The molecule has 1 N–H and O–H groups in total. The number of hydrogen-bond acceptors (Lipinski definition) is 3. The van der Waals surface area contributed by atoms with Gasteiger partial charge in [-0.25, -0.2) is 0 Å². The predicted octanol–water partition coefficient (Wildman–Crippen LogP) is 2.23. The van der Waals surface area contributed by atoms with Crippen LogP contribution in [0.1, 0.15) is 18.2 Å². The number of rotatable bonds is 2. The standard InChI is InChI=1S/C13H14N2O3/c1-13(8-15(16)17)12-10(6-7-18-13)9-4-2-3-5-11(9)14-12/h2-5,14H,6-8H2,1H3. The van der Waals surface area contributed by atoms with Crippen molar-refractivity contribution in [1.82, 2.24) is 4.98 Å². The summed E-state index contributed by atoms with van der Waals surface area (Å²) in [7, 11) is 0. The van der Waals surface area contributed by atoms with Crippen LogP contribution in [0.15, 0.2) is 24.3 Å². The second-order valence-electron chi connectivity index (χ2n) is 4.84. The number of fused-ring (bicyclic) bond motifs is 3. The molecule has 1 unspecified atom stereocenters. The first-order valence-electron chi connectivity index (χ1n) is 5.96. The quantitative estimate of drug-likeness (QED) is 0.652. The minimum Gasteiger partial charge on any atom is -0.362 e. The molecule has 1 aromatic heterocycles. The van der Waals surface area contributed by atoms with Crippen molar-refractivity contribution in [2.45, 2.75) is 18.9 Å². The molecule has 1 aliphatic rings. The molecule has 0 amide bonds. The Kier molecular flexibility index (Phi) is 2.38. The number of aromatic amines is 1. The van der Waals surface area contributed by atoms with Crippen LogP contribution in [-0.2, 0) is 16.8 Å². The molecule has 0 bridgehead atoms. The van der Waals surface area contributed by atoms with Crippen LogP contribution >= 0.6 is 0 Å². The number of aromatic nitrogens is 1. The molecule has 0 saturated carbocycles. The van der Waals surface area contributed by atoms with Gasteiger partial charge >= 0.3 is 0 Å². The van der Waals surface area contributed by atoms with Gasteiger partial charge in [-0.15, -0.1) is 0 Å². The van der Waals surface area contributed by atoms with Crippen molar-refractivity contribution in [3.8, 4) is 0 Å².